The molecular formula is C15H24N4. The van der Waals surface area contributed by atoms with Gasteiger partial charge in [-0.1, -0.05) is 0 Å². The normalized spacial score (nSPS) is 41.7. The van der Waals surface area contributed by atoms with Gasteiger partial charge in [0.15, 0.2) is 5.82 Å². The SMILES string of the molecule is CC(N)c1nc(C2C3CC4CC(C3)CC2C4)nn1C. The summed E-state index contributed by atoms with van der Waals surface area (Å²) in [4.78, 5) is 4.78. The Bertz CT molecular complexity index is 462. The summed E-state index contributed by atoms with van der Waals surface area (Å²) in [6.45, 7) is 1.99. The van der Waals surface area contributed by atoms with Gasteiger partial charge < -0.3 is 5.73 Å². The van der Waals surface area contributed by atoms with Gasteiger partial charge in [0.1, 0.15) is 5.82 Å². The van der Waals surface area contributed by atoms with E-state index in [1.165, 1.54) is 32.1 Å². The number of hydrogen-bond acceptors (Lipinski definition) is 3. The Morgan fingerprint density at radius 1 is 1.11 bits per heavy atom. The van der Waals surface area contributed by atoms with Crippen LogP contribution in [0.3, 0.4) is 0 Å². The Morgan fingerprint density at radius 3 is 2.16 bits per heavy atom. The van der Waals surface area contributed by atoms with Crippen LogP contribution in [0, 0.1) is 23.7 Å². The molecule has 4 nitrogen and oxygen atoms in total. The van der Waals surface area contributed by atoms with Gasteiger partial charge in [0, 0.05) is 13.0 Å². The third kappa shape index (κ3) is 1.76. The second-order valence-corrected chi connectivity index (χ2v) is 7.20. The summed E-state index contributed by atoms with van der Waals surface area (Å²) in [6, 6.07) is -0.0249. The van der Waals surface area contributed by atoms with Crippen LogP contribution in [0.1, 0.15) is 62.6 Å². The van der Waals surface area contributed by atoms with Gasteiger partial charge in [-0.3, -0.25) is 4.68 Å². The zero-order valence-corrected chi connectivity index (χ0v) is 11.9. The minimum atomic E-state index is -0.0249. The van der Waals surface area contributed by atoms with E-state index in [0.717, 1.165) is 35.3 Å². The van der Waals surface area contributed by atoms with Crippen LogP contribution in [-0.4, -0.2) is 14.8 Å². The van der Waals surface area contributed by atoms with Gasteiger partial charge in [0.25, 0.3) is 0 Å². The molecule has 0 saturated heterocycles. The highest BCUT2D eigenvalue weighted by Crippen LogP contribution is 2.59. The van der Waals surface area contributed by atoms with Crippen molar-refractivity contribution in [2.45, 2.75) is 51.0 Å². The van der Waals surface area contributed by atoms with E-state index in [1.807, 2.05) is 18.7 Å². The first kappa shape index (κ1) is 11.9. The van der Waals surface area contributed by atoms with Crippen LogP contribution in [0.15, 0.2) is 0 Å². The van der Waals surface area contributed by atoms with Crippen molar-refractivity contribution in [3.05, 3.63) is 11.6 Å². The lowest BCUT2D eigenvalue weighted by Gasteiger charge is -2.53. The minimum absolute atomic E-state index is 0.0249. The molecule has 1 aromatic rings. The number of rotatable bonds is 2. The molecule has 4 aliphatic carbocycles. The quantitative estimate of drug-likeness (QED) is 0.888. The molecule has 1 heterocycles. The number of aromatic nitrogens is 3. The Kier molecular flexibility index (Phi) is 2.53. The Morgan fingerprint density at radius 2 is 1.68 bits per heavy atom. The fourth-order valence-electron chi connectivity index (χ4n) is 5.30. The van der Waals surface area contributed by atoms with Crippen LogP contribution < -0.4 is 5.73 Å². The Balaban J connectivity index is 1.67. The number of aryl methyl sites for hydroxylation is 1. The smallest absolute Gasteiger partial charge is 0.154 e. The van der Waals surface area contributed by atoms with Gasteiger partial charge >= 0.3 is 0 Å². The van der Waals surface area contributed by atoms with Gasteiger partial charge in [-0.2, -0.15) is 5.10 Å². The maximum absolute atomic E-state index is 5.98. The molecule has 4 saturated carbocycles. The van der Waals surface area contributed by atoms with Gasteiger partial charge in [0.05, 0.1) is 6.04 Å². The van der Waals surface area contributed by atoms with Crippen molar-refractivity contribution in [2.75, 3.05) is 0 Å². The largest absolute Gasteiger partial charge is 0.322 e. The van der Waals surface area contributed by atoms with Gasteiger partial charge in [-0.05, 0) is 62.7 Å². The molecule has 0 spiro atoms. The summed E-state index contributed by atoms with van der Waals surface area (Å²) in [6.07, 6.45) is 7.18. The lowest BCUT2D eigenvalue weighted by molar-refractivity contribution is -0.00567. The average Bonchev–Trinajstić information content (AvgIpc) is 2.69. The molecule has 4 bridgehead atoms. The van der Waals surface area contributed by atoms with Crippen molar-refractivity contribution in [3.63, 3.8) is 0 Å². The van der Waals surface area contributed by atoms with E-state index in [-0.39, 0.29) is 6.04 Å². The van der Waals surface area contributed by atoms with Crippen LogP contribution >= 0.6 is 0 Å². The van der Waals surface area contributed by atoms with E-state index in [1.54, 1.807) is 0 Å². The molecule has 0 radical (unpaired) electrons. The topological polar surface area (TPSA) is 56.7 Å². The highest BCUT2D eigenvalue weighted by Gasteiger charge is 2.50. The van der Waals surface area contributed by atoms with Crippen molar-refractivity contribution in [1.29, 1.82) is 0 Å². The van der Waals surface area contributed by atoms with E-state index in [4.69, 9.17) is 15.8 Å². The molecule has 4 fully saturated rings. The zero-order valence-electron chi connectivity index (χ0n) is 11.9. The Labute approximate surface area is 114 Å². The molecule has 1 aromatic heterocycles. The summed E-state index contributed by atoms with van der Waals surface area (Å²) in [7, 11) is 1.98. The molecule has 0 aliphatic heterocycles. The van der Waals surface area contributed by atoms with Crippen molar-refractivity contribution >= 4 is 0 Å². The molecule has 4 aliphatic rings. The van der Waals surface area contributed by atoms with Crippen molar-refractivity contribution in [2.24, 2.45) is 36.5 Å². The lowest BCUT2D eigenvalue weighted by Crippen LogP contribution is -2.44. The summed E-state index contributed by atoms with van der Waals surface area (Å²) in [5.74, 6) is 6.35. The molecule has 2 N–H and O–H groups in total. The second-order valence-electron chi connectivity index (χ2n) is 7.20. The number of hydrogen-bond donors (Lipinski definition) is 1. The highest BCUT2D eigenvalue weighted by molar-refractivity contribution is 5.12. The third-order valence-electron chi connectivity index (χ3n) is 5.75. The maximum atomic E-state index is 5.98. The van der Waals surface area contributed by atoms with E-state index in [2.05, 4.69) is 0 Å². The maximum Gasteiger partial charge on any atom is 0.154 e. The molecule has 1 unspecified atom stereocenters. The fourth-order valence-corrected chi connectivity index (χ4v) is 5.30. The monoisotopic (exact) mass is 260 g/mol. The summed E-state index contributed by atoms with van der Waals surface area (Å²) < 4.78 is 1.89. The molecule has 0 amide bonds. The summed E-state index contributed by atoms with van der Waals surface area (Å²) >= 11 is 0. The van der Waals surface area contributed by atoms with Crippen LogP contribution in [-0.2, 0) is 7.05 Å². The van der Waals surface area contributed by atoms with Crippen molar-refractivity contribution in [1.82, 2.24) is 14.8 Å². The second kappa shape index (κ2) is 4.05. The summed E-state index contributed by atoms with van der Waals surface area (Å²) in [5, 5.41) is 4.70. The van der Waals surface area contributed by atoms with Crippen LogP contribution in [0.2, 0.25) is 0 Å². The molecule has 5 rings (SSSR count). The first-order chi connectivity index (χ1) is 9.11. The van der Waals surface area contributed by atoms with Crippen molar-refractivity contribution in [3.8, 4) is 0 Å². The Hall–Kier alpha value is -0.900. The van der Waals surface area contributed by atoms with E-state index < -0.39 is 0 Å². The molecule has 1 atom stereocenters. The van der Waals surface area contributed by atoms with E-state index in [9.17, 15) is 0 Å². The minimum Gasteiger partial charge on any atom is -0.322 e. The summed E-state index contributed by atoms with van der Waals surface area (Å²) in [5.41, 5.74) is 5.98. The molecule has 19 heavy (non-hydrogen) atoms. The third-order valence-corrected chi connectivity index (χ3v) is 5.75. The average molecular weight is 260 g/mol. The first-order valence-corrected chi connectivity index (χ1v) is 7.78. The zero-order chi connectivity index (χ0) is 13.1. The standard InChI is InChI=1S/C15H24N4/c1-8(16)15-17-14(18-19(15)2)13-11-4-9-3-10(6-11)7-12(13)5-9/h8-13H,3-7,16H2,1-2H3. The number of nitrogens with zero attached hydrogens (tertiary/aromatic N) is 3. The van der Waals surface area contributed by atoms with E-state index >= 15 is 0 Å². The van der Waals surface area contributed by atoms with Crippen LogP contribution in [0.4, 0.5) is 0 Å². The molecular weight excluding hydrogens is 236 g/mol. The van der Waals surface area contributed by atoms with Gasteiger partial charge in [0.2, 0.25) is 0 Å². The van der Waals surface area contributed by atoms with Crippen LogP contribution in [0.25, 0.3) is 0 Å². The molecule has 4 heteroatoms. The predicted octanol–water partition coefficient (Wildman–Crippen LogP) is 2.37. The van der Waals surface area contributed by atoms with Gasteiger partial charge in [-0.25, -0.2) is 4.98 Å². The molecule has 0 aromatic carbocycles. The van der Waals surface area contributed by atoms with Crippen LogP contribution in [0.5, 0.6) is 0 Å². The fraction of sp³-hybridized carbons (Fsp3) is 0.867. The highest BCUT2D eigenvalue weighted by atomic mass is 15.3. The lowest BCUT2D eigenvalue weighted by atomic mass is 9.52. The molecule has 104 valence electrons. The van der Waals surface area contributed by atoms with E-state index in [0.29, 0.717) is 5.92 Å². The first-order valence-electron chi connectivity index (χ1n) is 7.78. The van der Waals surface area contributed by atoms with Crippen molar-refractivity contribution < 1.29 is 0 Å². The van der Waals surface area contributed by atoms with Gasteiger partial charge in [-0.15, -0.1) is 0 Å². The predicted molar refractivity (Wildman–Crippen MR) is 73.4 cm³/mol. The number of nitrogens with two attached hydrogens (primary N) is 1.